The second-order valence-corrected chi connectivity index (χ2v) is 27.9. The van der Waals surface area contributed by atoms with Crippen LogP contribution >= 0.6 is 0 Å². The summed E-state index contributed by atoms with van der Waals surface area (Å²) >= 11 is 0. The zero-order chi connectivity index (χ0) is 86.3. The average molecular weight is 1640 g/mol. The van der Waals surface area contributed by atoms with Crippen LogP contribution in [0.2, 0.25) is 0 Å². The Hall–Kier alpha value is -13.5. The number of phenols is 1. The number of carbonyl (C=O) groups excluding carboxylic acids is 12. The number of rotatable bonds is 48. The fourth-order valence-electron chi connectivity index (χ4n) is 11.0. The highest BCUT2D eigenvalue weighted by atomic mass is 32.2. The van der Waals surface area contributed by atoms with Gasteiger partial charge in [-0.1, -0.05) is 44.5 Å². The zero-order valence-corrected chi connectivity index (χ0v) is 64.0. The van der Waals surface area contributed by atoms with Gasteiger partial charge in [-0.2, -0.15) is 8.42 Å². The van der Waals surface area contributed by atoms with Gasteiger partial charge in [-0.05, 0) is 93.0 Å². The molecule has 0 aliphatic rings. The minimum atomic E-state index is -4.68. The zero-order valence-electron chi connectivity index (χ0n) is 63.2. The highest BCUT2D eigenvalue weighted by molar-refractivity contribution is 7.86. The van der Waals surface area contributed by atoms with E-state index in [-0.39, 0.29) is 52.8 Å². The van der Waals surface area contributed by atoms with Crippen LogP contribution in [0.5, 0.6) is 11.5 Å². The lowest BCUT2D eigenvalue weighted by atomic mass is 9.96. The molecule has 0 aliphatic heterocycles. The van der Waals surface area contributed by atoms with Crippen LogP contribution < -0.4 is 73.5 Å². The van der Waals surface area contributed by atoms with E-state index < -0.39 is 260 Å². The number of nitrogens with two attached hydrogens (primary N) is 1. The van der Waals surface area contributed by atoms with Crippen LogP contribution in [0.25, 0.3) is 22.8 Å². The number of aliphatic carboxylic acids is 5. The predicted octanol–water partition coefficient (Wildman–Crippen LogP) is -2.35. The first-order chi connectivity index (χ1) is 54.6. The van der Waals surface area contributed by atoms with Crippen molar-refractivity contribution in [3.63, 3.8) is 0 Å². The smallest absolute Gasteiger partial charge is 0.303 e. The molecule has 2 aromatic heterocycles. The topological polar surface area (TPSA) is 663 Å². The molecule has 5 rings (SSSR count). The van der Waals surface area contributed by atoms with Gasteiger partial charge in [-0.25, -0.2) is 9.55 Å². The van der Waals surface area contributed by atoms with E-state index in [0.717, 1.165) is 13.0 Å². The number of carboxylic acid groups (broad SMARTS) is 5. The first-order valence-electron chi connectivity index (χ1n) is 35.8. The molecular weight excluding hydrogens is 1550 g/mol. The molecule has 0 bridgehead atoms. The lowest BCUT2D eigenvalue weighted by Gasteiger charge is -2.29. The third-order valence-corrected chi connectivity index (χ3v) is 18.4. The van der Waals surface area contributed by atoms with Crippen LogP contribution in [0.3, 0.4) is 0 Å². The molecule has 3 aromatic carbocycles. The van der Waals surface area contributed by atoms with Gasteiger partial charge in [0.25, 0.3) is 16.0 Å². The number of primary amides is 1. The van der Waals surface area contributed by atoms with E-state index in [1.807, 2.05) is 0 Å². The highest BCUT2D eigenvalue weighted by Gasteiger charge is 2.37. The second-order valence-electron chi connectivity index (χ2n) is 26.5. The molecule has 0 spiro atoms. The summed E-state index contributed by atoms with van der Waals surface area (Å²) in [5.74, 6) is -21.6. The maximum absolute atomic E-state index is 14.5. The Labute approximate surface area is 661 Å². The van der Waals surface area contributed by atoms with Gasteiger partial charge in [0.05, 0.1) is 19.9 Å². The summed E-state index contributed by atoms with van der Waals surface area (Å²) in [5.41, 5.74) is 6.85. The van der Waals surface area contributed by atoms with Crippen LogP contribution in [0, 0.1) is 5.92 Å². The minimum absolute atomic E-state index is 0.0155. The number of oxazole rings is 1. The van der Waals surface area contributed by atoms with E-state index in [0.29, 0.717) is 11.1 Å². The molecule has 0 radical (unpaired) electrons. The number of ether oxygens (including phenoxy) is 1. The van der Waals surface area contributed by atoms with Crippen LogP contribution in [0.15, 0.2) is 107 Å². The van der Waals surface area contributed by atoms with Crippen molar-refractivity contribution in [3.05, 3.63) is 114 Å². The number of nitrogens with one attached hydrogen (secondary N) is 11. The van der Waals surface area contributed by atoms with Gasteiger partial charge in [-0.15, -0.1) is 0 Å². The third kappa shape index (κ3) is 30.9. The number of phenolic OH excluding ortho intramolecular Hbond substituents is 1. The summed E-state index contributed by atoms with van der Waals surface area (Å²) in [7, 11) is -3.45. The minimum Gasteiger partial charge on any atom is -0.508 e. The molecule has 0 unspecified atom stereocenters. The van der Waals surface area contributed by atoms with Gasteiger partial charge >= 0.3 is 29.8 Å². The number of hydrogen-bond donors (Lipinski definition) is 19. The fourth-order valence-corrected chi connectivity index (χ4v) is 11.7. The monoisotopic (exact) mass is 1640 g/mol. The van der Waals surface area contributed by atoms with Crippen molar-refractivity contribution in [2.24, 2.45) is 11.7 Å². The van der Waals surface area contributed by atoms with Crippen LogP contribution in [0.4, 0.5) is 0 Å². The van der Waals surface area contributed by atoms with E-state index in [2.05, 4.69) is 63.5 Å². The number of hydrogen-bond acceptors (Lipinski definition) is 23. The quantitative estimate of drug-likeness (QED) is 0.0143. The SMILES string of the molecule is CC[C@H](C)[C@H](NC(=O)[C@H](CCC(=O)O)NC(=O)[C@H](CCC(=O)O)NC(=O)[C@H](CCC(=O)O)NC(C)=O)C(=O)N[C@@H](Cc1ccc(O)cc1)C(=O)NCC(=O)N[C@@H](CCC(=O)O)C(=O)N[C@@H](CNC(=O)c1cccc(C[n+]2ccc(-c3ncc(-c4ccc(OC)c(S(=O)(=O)O)c4)o3)cc2)c1)C(=O)N[C@@H](CCC(=O)O)C(=O)N[C@@H](C)C(N)=O. The van der Waals surface area contributed by atoms with Crippen LogP contribution in [0.1, 0.15) is 120 Å². The Bertz CT molecular complexity index is 4560. The fraction of sp³-hybridized carbons (Fsp3) is 0.411. The number of carboxylic acids is 5. The molecule has 20 N–H and O–H groups in total. The number of carbonyl (C=O) groups is 17. The van der Waals surface area contributed by atoms with Crippen molar-refractivity contribution in [2.45, 2.75) is 171 Å². The summed E-state index contributed by atoms with van der Waals surface area (Å²) in [6.07, 6.45) is -2.71. The Morgan fingerprint density at radius 1 is 0.534 bits per heavy atom. The van der Waals surface area contributed by atoms with Crippen molar-refractivity contribution >= 4 is 111 Å². The first-order valence-corrected chi connectivity index (χ1v) is 37.2. The number of benzene rings is 3. The van der Waals surface area contributed by atoms with E-state index in [1.54, 1.807) is 42.1 Å². The van der Waals surface area contributed by atoms with E-state index in [1.165, 1.54) is 81.8 Å². The second kappa shape index (κ2) is 44.7. The summed E-state index contributed by atoms with van der Waals surface area (Å²) in [6, 6.07) is 2.81. The number of nitrogens with zero attached hydrogens (tertiary/aromatic N) is 2. The summed E-state index contributed by atoms with van der Waals surface area (Å²) in [6.45, 7) is 3.48. The molecule has 116 heavy (non-hydrogen) atoms. The van der Waals surface area contributed by atoms with Crippen LogP contribution in [-0.2, 0) is 99.8 Å². The van der Waals surface area contributed by atoms with Gasteiger partial charge in [0.2, 0.25) is 70.9 Å². The lowest BCUT2D eigenvalue weighted by Crippen LogP contribution is -2.61. The Kier molecular flexibility index (Phi) is 35.9. The number of aromatic nitrogens is 2. The van der Waals surface area contributed by atoms with Gasteiger partial charge in [0.1, 0.15) is 70.8 Å². The number of aromatic hydroxyl groups is 1. The van der Waals surface area contributed by atoms with Crippen molar-refractivity contribution in [2.75, 3.05) is 20.2 Å². The van der Waals surface area contributed by atoms with Gasteiger partial charge in [0.15, 0.2) is 24.7 Å². The largest absolute Gasteiger partial charge is 0.508 e. The number of methoxy groups -OCH3 is 1. The van der Waals surface area contributed by atoms with Crippen molar-refractivity contribution < 1.29 is 139 Å². The van der Waals surface area contributed by atoms with E-state index in [9.17, 15) is 125 Å². The predicted molar refractivity (Wildman–Crippen MR) is 398 cm³/mol. The van der Waals surface area contributed by atoms with Crippen molar-refractivity contribution in [1.29, 1.82) is 0 Å². The van der Waals surface area contributed by atoms with E-state index >= 15 is 0 Å². The van der Waals surface area contributed by atoms with Crippen molar-refractivity contribution in [1.82, 2.24) is 63.5 Å². The number of pyridine rings is 1. The molecule has 0 aliphatic carbocycles. The molecule has 10 atom stereocenters. The number of amides is 12. The van der Waals surface area contributed by atoms with Crippen molar-refractivity contribution in [3.8, 4) is 34.3 Å². The van der Waals surface area contributed by atoms with Gasteiger partial charge < -0.3 is 104 Å². The molecule has 0 saturated heterocycles. The standard InChI is InChI=1S/C73H90N14O28S/c1-6-37(2)62(86-70(108)50(19-25-61(99)100)82-69(107)49(18-24-60(97)98)81-67(105)46(79-39(4)88)15-21-57(91)92)72(110)84-51(31-40-10-13-45(89)14-11-40)65(103)76-35-56(90)80-47(16-22-58(93)94)68(106)85-52(71(109)83-48(17-23-59(95)96)66(104)78-38(3)63(74)101)33-75-64(102)44-9-7-8-41(30-44)36-87-28-26-42(27-29-87)73-77-34-54(115-73)43-12-20-53(114-5)55(32-43)116(111,112)113/h7-14,20,26-30,32,34,37-38,46-52,62H,6,15-19,21-25,31,33,35-36H2,1-5H3,(H19-,74,75,76,78,79,80,81,82,83,84,85,86,88,89,90,91,92,93,94,95,96,97,98,99,100,101,102,103,104,105,106,107,108,109,110,111,112,113)/p+1/t37-,38-,46-,47-,48-,49-,50-,51-,52-,62-/m0/s1. The lowest BCUT2D eigenvalue weighted by molar-refractivity contribution is -0.688. The Morgan fingerprint density at radius 3 is 1.49 bits per heavy atom. The maximum Gasteiger partial charge on any atom is 0.303 e. The van der Waals surface area contributed by atoms with Gasteiger partial charge in [-0.3, -0.25) is 86.1 Å². The molecule has 0 fully saturated rings. The van der Waals surface area contributed by atoms with Gasteiger partial charge in [0, 0.05) is 86.4 Å². The molecule has 2 heterocycles. The molecule has 12 amide bonds. The molecule has 5 aromatic rings. The highest BCUT2D eigenvalue weighted by Crippen LogP contribution is 2.32. The first kappa shape index (κ1) is 93.1. The molecule has 0 saturated carbocycles. The molecule has 626 valence electrons. The average Bonchev–Trinajstić information content (AvgIpc) is 1.58. The summed E-state index contributed by atoms with van der Waals surface area (Å²) < 4.78 is 46.5. The molecule has 43 heteroatoms. The normalized spacial score (nSPS) is 13.6. The third-order valence-electron chi connectivity index (χ3n) is 17.5. The van der Waals surface area contributed by atoms with Crippen LogP contribution in [-0.4, -0.2) is 224 Å². The Morgan fingerprint density at radius 2 is 1.01 bits per heavy atom. The molecular formula is C73H91N14O28S+. The maximum atomic E-state index is 14.5. The summed E-state index contributed by atoms with van der Waals surface area (Å²) in [5, 5.41) is 83.3. The Balaban J connectivity index is 1.38. The molecule has 42 nitrogen and oxygen atoms in total. The summed E-state index contributed by atoms with van der Waals surface area (Å²) in [4.78, 5) is 227. The van der Waals surface area contributed by atoms with E-state index in [4.69, 9.17) is 14.9 Å².